The van der Waals surface area contributed by atoms with Crippen LogP contribution in [-0.2, 0) is 0 Å². The molecular formula is C13H10ClN3O. The van der Waals surface area contributed by atoms with Gasteiger partial charge in [-0.05, 0) is 30.3 Å². The van der Waals surface area contributed by atoms with Crippen LogP contribution in [0.5, 0.6) is 0 Å². The Morgan fingerprint density at radius 1 is 1.17 bits per heavy atom. The van der Waals surface area contributed by atoms with Crippen molar-refractivity contribution in [1.29, 1.82) is 0 Å². The molecule has 0 fully saturated rings. The zero-order chi connectivity index (χ0) is 11.8. The third-order valence-corrected chi connectivity index (χ3v) is 2.72. The summed E-state index contributed by atoms with van der Waals surface area (Å²) in [4.78, 5) is 19.8. The molecule has 0 bridgehead atoms. The van der Waals surface area contributed by atoms with Gasteiger partial charge in [0.2, 0.25) is 5.91 Å². The lowest BCUT2D eigenvalue weighted by Crippen LogP contribution is -2.10. The van der Waals surface area contributed by atoms with Crippen LogP contribution in [-0.4, -0.2) is 15.9 Å². The first-order valence-corrected chi connectivity index (χ1v) is 5.19. The van der Waals surface area contributed by atoms with Crippen molar-refractivity contribution in [2.45, 2.75) is 0 Å². The summed E-state index contributed by atoms with van der Waals surface area (Å²) < 4.78 is 0. The Hall–Kier alpha value is -2.20. The highest BCUT2D eigenvalue weighted by molar-refractivity contribution is 6.06. The maximum atomic E-state index is 11.2. The minimum Gasteiger partial charge on any atom is -0.366 e. The van der Waals surface area contributed by atoms with Crippen LogP contribution in [0.1, 0.15) is 10.4 Å². The van der Waals surface area contributed by atoms with Gasteiger partial charge < -0.3 is 5.73 Å². The van der Waals surface area contributed by atoms with E-state index in [0.717, 1.165) is 21.8 Å². The molecule has 0 unspecified atom stereocenters. The molecule has 2 aromatic heterocycles. The summed E-state index contributed by atoms with van der Waals surface area (Å²) in [5, 5.41) is 1.79. The third kappa shape index (κ3) is 1.87. The van der Waals surface area contributed by atoms with Gasteiger partial charge in [0.05, 0.1) is 11.0 Å². The summed E-state index contributed by atoms with van der Waals surface area (Å²) in [7, 11) is 0. The van der Waals surface area contributed by atoms with Gasteiger partial charge in [0.25, 0.3) is 0 Å². The first kappa shape index (κ1) is 12.3. The molecule has 0 aliphatic rings. The normalized spacial score (nSPS) is 10.2. The van der Waals surface area contributed by atoms with E-state index in [9.17, 15) is 4.79 Å². The van der Waals surface area contributed by atoms with Crippen LogP contribution < -0.4 is 5.73 Å². The number of rotatable bonds is 1. The molecule has 0 spiro atoms. The number of pyridine rings is 2. The Labute approximate surface area is 109 Å². The Morgan fingerprint density at radius 3 is 2.78 bits per heavy atom. The standard InChI is InChI=1S/C13H9N3O.ClH/c14-13(17)8-3-4-11-10(6-8)12-9(7-16-11)2-1-5-15-12;/h1-7H,(H2,14,17);1H. The van der Waals surface area contributed by atoms with Crippen molar-refractivity contribution < 1.29 is 4.79 Å². The number of nitrogens with zero attached hydrogens (tertiary/aromatic N) is 2. The Bertz CT molecular complexity index is 742. The van der Waals surface area contributed by atoms with E-state index in [1.54, 1.807) is 30.6 Å². The van der Waals surface area contributed by atoms with Crippen LogP contribution in [0, 0.1) is 0 Å². The summed E-state index contributed by atoms with van der Waals surface area (Å²) in [6.07, 6.45) is 3.49. The maximum absolute atomic E-state index is 11.2. The number of halogens is 1. The zero-order valence-corrected chi connectivity index (χ0v) is 10.1. The van der Waals surface area contributed by atoms with E-state index < -0.39 is 5.91 Å². The smallest absolute Gasteiger partial charge is 0.248 e. The summed E-state index contributed by atoms with van der Waals surface area (Å²) in [6.45, 7) is 0. The van der Waals surface area contributed by atoms with Gasteiger partial charge in [-0.3, -0.25) is 14.8 Å². The number of hydrogen-bond donors (Lipinski definition) is 1. The fourth-order valence-electron chi connectivity index (χ4n) is 1.88. The van der Waals surface area contributed by atoms with E-state index in [0.29, 0.717) is 5.56 Å². The second kappa shape index (κ2) is 4.58. The number of benzene rings is 1. The van der Waals surface area contributed by atoms with Gasteiger partial charge in [-0.2, -0.15) is 0 Å². The lowest BCUT2D eigenvalue weighted by atomic mass is 10.1. The minimum absolute atomic E-state index is 0. The molecule has 1 amide bonds. The van der Waals surface area contributed by atoms with Crippen molar-refractivity contribution >= 4 is 40.1 Å². The molecule has 2 heterocycles. The van der Waals surface area contributed by atoms with Gasteiger partial charge in [0, 0.05) is 28.7 Å². The monoisotopic (exact) mass is 259 g/mol. The molecule has 5 heteroatoms. The topological polar surface area (TPSA) is 68.9 Å². The van der Waals surface area contributed by atoms with Crippen molar-refractivity contribution in [1.82, 2.24) is 9.97 Å². The fraction of sp³-hybridized carbons (Fsp3) is 0. The van der Waals surface area contributed by atoms with Crippen molar-refractivity contribution in [3.63, 3.8) is 0 Å². The summed E-state index contributed by atoms with van der Waals surface area (Å²) in [6, 6.07) is 8.98. The number of fused-ring (bicyclic) bond motifs is 3. The highest BCUT2D eigenvalue weighted by Gasteiger charge is 2.06. The summed E-state index contributed by atoms with van der Waals surface area (Å²) in [5.41, 5.74) is 7.38. The first-order valence-electron chi connectivity index (χ1n) is 5.19. The maximum Gasteiger partial charge on any atom is 0.248 e. The van der Waals surface area contributed by atoms with Crippen LogP contribution in [0.4, 0.5) is 0 Å². The van der Waals surface area contributed by atoms with E-state index in [1.807, 2.05) is 12.1 Å². The molecule has 4 nitrogen and oxygen atoms in total. The fourth-order valence-corrected chi connectivity index (χ4v) is 1.88. The van der Waals surface area contributed by atoms with Gasteiger partial charge in [-0.1, -0.05) is 0 Å². The summed E-state index contributed by atoms with van der Waals surface area (Å²) >= 11 is 0. The number of amides is 1. The number of primary amides is 1. The second-order valence-electron chi connectivity index (χ2n) is 3.80. The van der Waals surface area contributed by atoms with E-state index in [4.69, 9.17) is 5.73 Å². The largest absolute Gasteiger partial charge is 0.366 e. The molecule has 18 heavy (non-hydrogen) atoms. The van der Waals surface area contributed by atoms with Gasteiger partial charge in [0.1, 0.15) is 0 Å². The number of aromatic nitrogens is 2. The van der Waals surface area contributed by atoms with Gasteiger partial charge in [0.15, 0.2) is 0 Å². The molecule has 0 saturated heterocycles. The molecule has 1 aromatic carbocycles. The minimum atomic E-state index is -0.445. The quantitative estimate of drug-likeness (QED) is 0.682. The highest BCUT2D eigenvalue weighted by atomic mass is 35.5. The molecule has 3 rings (SSSR count). The van der Waals surface area contributed by atoms with Crippen LogP contribution in [0.25, 0.3) is 21.8 Å². The molecule has 0 aliphatic carbocycles. The predicted molar refractivity (Wildman–Crippen MR) is 72.8 cm³/mol. The molecule has 3 aromatic rings. The van der Waals surface area contributed by atoms with Crippen molar-refractivity contribution in [2.75, 3.05) is 0 Å². The van der Waals surface area contributed by atoms with E-state index in [2.05, 4.69) is 9.97 Å². The SMILES string of the molecule is Cl.NC(=O)c1ccc2ncc3cccnc3c2c1. The van der Waals surface area contributed by atoms with Crippen molar-refractivity contribution in [3.8, 4) is 0 Å². The molecule has 90 valence electrons. The van der Waals surface area contributed by atoms with Gasteiger partial charge in [-0.25, -0.2) is 0 Å². The lowest BCUT2D eigenvalue weighted by molar-refractivity contribution is 0.100. The lowest BCUT2D eigenvalue weighted by Gasteiger charge is -2.03. The van der Waals surface area contributed by atoms with Gasteiger partial charge >= 0.3 is 0 Å². The third-order valence-electron chi connectivity index (χ3n) is 2.72. The van der Waals surface area contributed by atoms with Crippen LogP contribution in [0.3, 0.4) is 0 Å². The Morgan fingerprint density at radius 2 is 2.00 bits per heavy atom. The number of hydrogen-bond acceptors (Lipinski definition) is 3. The van der Waals surface area contributed by atoms with Crippen molar-refractivity contribution in [3.05, 3.63) is 48.3 Å². The highest BCUT2D eigenvalue weighted by Crippen LogP contribution is 2.22. The molecule has 0 atom stereocenters. The van der Waals surface area contributed by atoms with E-state index in [-0.39, 0.29) is 12.4 Å². The Balaban J connectivity index is 0.00000120. The molecule has 2 N–H and O–H groups in total. The second-order valence-corrected chi connectivity index (χ2v) is 3.80. The molecule has 0 saturated carbocycles. The molecular weight excluding hydrogens is 250 g/mol. The van der Waals surface area contributed by atoms with E-state index in [1.165, 1.54) is 0 Å². The number of carbonyl (C=O) groups excluding carboxylic acids is 1. The predicted octanol–water partition coefficient (Wildman–Crippen LogP) is 2.30. The van der Waals surface area contributed by atoms with Crippen LogP contribution >= 0.6 is 12.4 Å². The van der Waals surface area contributed by atoms with Crippen LogP contribution in [0.2, 0.25) is 0 Å². The Kier molecular flexibility index (Phi) is 3.12. The zero-order valence-electron chi connectivity index (χ0n) is 9.33. The molecule has 0 radical (unpaired) electrons. The average Bonchev–Trinajstić information content (AvgIpc) is 2.38. The first-order chi connectivity index (χ1) is 8.25. The van der Waals surface area contributed by atoms with Gasteiger partial charge in [-0.15, -0.1) is 12.4 Å². The molecule has 0 aliphatic heterocycles. The van der Waals surface area contributed by atoms with Crippen LogP contribution in [0.15, 0.2) is 42.7 Å². The van der Waals surface area contributed by atoms with Crippen molar-refractivity contribution in [2.24, 2.45) is 5.73 Å². The number of nitrogens with two attached hydrogens (primary N) is 1. The summed E-state index contributed by atoms with van der Waals surface area (Å²) in [5.74, 6) is -0.445. The van der Waals surface area contributed by atoms with E-state index >= 15 is 0 Å². The average molecular weight is 260 g/mol. The number of carbonyl (C=O) groups is 1.